The molecule has 10 nitrogen and oxygen atoms in total. The molecule has 0 spiro atoms. The predicted octanol–water partition coefficient (Wildman–Crippen LogP) is 27.0. The second-order valence-corrected chi connectivity index (χ2v) is 48.9. The number of rotatable bonds is 40. The highest BCUT2D eigenvalue weighted by molar-refractivity contribution is 14.1. The monoisotopic (exact) mass is 1790 g/mol. The molecule has 2 aliphatic heterocycles. The molecule has 6 aliphatic rings. The zero-order valence-electron chi connectivity index (χ0n) is 74.8. The second-order valence-electron chi connectivity index (χ2n) is 37.3. The largest absolute Gasteiger partial charge is 0.508 e. The van der Waals surface area contributed by atoms with E-state index in [4.69, 9.17) is 43.7 Å². The van der Waals surface area contributed by atoms with E-state index >= 15 is 0 Å². The summed E-state index contributed by atoms with van der Waals surface area (Å²) in [6.45, 7) is 33.6. The van der Waals surface area contributed by atoms with Crippen LogP contribution in [0.1, 0.15) is 345 Å². The summed E-state index contributed by atoms with van der Waals surface area (Å²) in [5, 5.41) is 39.2. The van der Waals surface area contributed by atoms with Gasteiger partial charge in [0, 0.05) is 56.6 Å². The van der Waals surface area contributed by atoms with Crippen molar-refractivity contribution < 1.29 is 48.8 Å². The van der Waals surface area contributed by atoms with Crippen molar-refractivity contribution in [2.75, 3.05) is 75.8 Å². The van der Waals surface area contributed by atoms with Crippen LogP contribution in [-0.4, -0.2) is 124 Å². The lowest BCUT2D eigenvalue weighted by Gasteiger charge is -2.34. The minimum absolute atomic E-state index is 0.194. The van der Waals surface area contributed by atoms with Gasteiger partial charge in [-0.05, 0) is 261 Å². The van der Waals surface area contributed by atoms with Gasteiger partial charge in [0.25, 0.3) is 0 Å². The first kappa shape index (κ1) is 102. The fourth-order valence-corrected chi connectivity index (χ4v) is 24.1. The minimum Gasteiger partial charge on any atom is -0.508 e. The summed E-state index contributed by atoms with van der Waals surface area (Å²) in [5.74, 6) is 8.65. The average molecular weight is 1800 g/mol. The molecular formula is C100H170BrIO10Si2. The van der Waals surface area contributed by atoms with Crippen LogP contribution in [0.2, 0.25) is 38.3 Å². The van der Waals surface area contributed by atoms with E-state index in [1.165, 1.54) is 246 Å². The highest BCUT2D eigenvalue weighted by Gasteiger charge is 2.32. The number of aromatic hydroxyl groups is 1. The summed E-state index contributed by atoms with van der Waals surface area (Å²) in [5.41, 5.74) is 6.07. The van der Waals surface area contributed by atoms with E-state index in [1.807, 2.05) is 39.8 Å². The van der Waals surface area contributed by atoms with Gasteiger partial charge in [0.2, 0.25) is 0 Å². The molecule has 4 aromatic carbocycles. The van der Waals surface area contributed by atoms with E-state index in [9.17, 15) is 5.11 Å². The van der Waals surface area contributed by atoms with Crippen molar-refractivity contribution >= 4 is 65.0 Å². The average Bonchev–Trinajstić information content (AvgIpc) is 0.832. The van der Waals surface area contributed by atoms with Crippen molar-refractivity contribution in [1.29, 1.82) is 0 Å². The summed E-state index contributed by atoms with van der Waals surface area (Å²) in [6, 6.07) is 38.8. The molecule has 2 heterocycles. The third-order valence-corrected chi connectivity index (χ3v) is 34.2. The number of phenolic OH excluding ortho intramolecular Hbond substituents is 1. The van der Waals surface area contributed by atoms with Gasteiger partial charge in [-0.1, -0.05) is 290 Å². The Morgan fingerprint density at radius 2 is 0.719 bits per heavy atom. The number of hydrogen-bond donors (Lipinski definition) is 4. The number of benzene rings is 4. The maximum atomic E-state index is 9.32. The van der Waals surface area contributed by atoms with E-state index in [0.29, 0.717) is 43.8 Å². The molecule has 4 aliphatic carbocycles. The number of ether oxygens (including phenoxy) is 6. The molecular weight excluding hydrogens is 1620 g/mol. The molecule has 4 aromatic rings. The lowest BCUT2D eigenvalue weighted by Crippen LogP contribution is -2.41. The summed E-state index contributed by atoms with van der Waals surface area (Å²) < 4.78 is 35.2. The zero-order chi connectivity index (χ0) is 82.7. The first-order valence-electron chi connectivity index (χ1n) is 46.8. The molecule has 4 saturated carbocycles. The van der Waals surface area contributed by atoms with E-state index in [-0.39, 0.29) is 12.4 Å². The standard InChI is InChI=1S/C30H52O3Si.C22H38OSi.C20H32O2.C17H26O.C8H15IO2.C3H7BrO/c1-6-10-25-11-13-27(14-12-25)28-15-17-29(18-16-28)34(4,5)22-9-7-8-20-31-21-19-26-23-32-30(2,3)33-24-26;1-4-8-19-9-11-20(12-10-19)21-13-15-22(16-14-21)24(2,3)18-7-5-6-17-23;1-2-3-4-6-17-7-9-18(10-8-17)19-11-13-20(14-12-19)22-16-5-15-21;1-2-3-4-5-14-6-8-15(9-7-14)16-10-12-17(18)13-11-16;1-8(2)10-5-7(3-4-9)6-11-8;4-2-1-3-5/h15-18,25-27H,6-14,19-24H2,1-5H3;13-16,19-20,23H,4-12,17-18H2,1-3H3;11-14,17-18,21H,2-10,15-16H2,1H3;10-15,18H,2-9H2,1H3;7H,3-6H2,1-2H3;5H,1-3H2. The third-order valence-electron chi connectivity index (χ3n) is 26.0. The molecule has 6 fully saturated rings. The van der Waals surface area contributed by atoms with Crippen molar-refractivity contribution in [1.82, 2.24) is 0 Å². The van der Waals surface area contributed by atoms with Crippen LogP contribution in [-0.2, 0) is 23.7 Å². The Hall–Kier alpha value is -2.20. The first-order chi connectivity index (χ1) is 55.0. The smallest absolute Gasteiger partial charge is 0.162 e. The Kier molecular flexibility index (Phi) is 53.5. The van der Waals surface area contributed by atoms with Crippen LogP contribution in [0.15, 0.2) is 97.1 Å². The molecule has 114 heavy (non-hydrogen) atoms. The van der Waals surface area contributed by atoms with Crippen LogP contribution in [0.25, 0.3) is 0 Å². The van der Waals surface area contributed by atoms with Crippen molar-refractivity contribution in [3.05, 3.63) is 119 Å². The summed E-state index contributed by atoms with van der Waals surface area (Å²) in [7, 11) is -2.66. The van der Waals surface area contributed by atoms with Gasteiger partial charge < -0.3 is 48.8 Å². The topological polar surface area (TPSA) is 136 Å². The van der Waals surface area contributed by atoms with Crippen LogP contribution in [0.4, 0.5) is 0 Å². The number of halogens is 2. The number of hydrogen-bond acceptors (Lipinski definition) is 10. The van der Waals surface area contributed by atoms with Crippen molar-refractivity contribution in [3.8, 4) is 11.5 Å². The molecule has 2 saturated heterocycles. The van der Waals surface area contributed by atoms with E-state index in [1.54, 1.807) is 21.5 Å². The number of phenols is 1. The van der Waals surface area contributed by atoms with E-state index in [2.05, 4.69) is 177 Å². The van der Waals surface area contributed by atoms with Crippen LogP contribution in [0.3, 0.4) is 0 Å². The maximum absolute atomic E-state index is 9.32. The highest BCUT2D eigenvalue weighted by atomic mass is 127. The fourth-order valence-electron chi connectivity index (χ4n) is 18.0. The Morgan fingerprint density at radius 3 is 1.06 bits per heavy atom. The van der Waals surface area contributed by atoms with Crippen molar-refractivity contribution in [3.63, 3.8) is 0 Å². The Balaban J connectivity index is 0.000000259. The number of alkyl halides is 2. The molecule has 652 valence electrons. The van der Waals surface area contributed by atoms with Gasteiger partial charge in [-0.2, -0.15) is 0 Å². The van der Waals surface area contributed by atoms with Gasteiger partial charge in [-0.3, -0.25) is 0 Å². The molecule has 4 N–H and O–H groups in total. The molecule has 14 heteroatoms. The normalized spacial score (nSPS) is 22.5. The Labute approximate surface area is 723 Å². The van der Waals surface area contributed by atoms with Crippen molar-refractivity contribution in [2.45, 2.75) is 373 Å². The molecule has 0 amide bonds. The Bertz CT molecular complexity index is 2920. The summed E-state index contributed by atoms with van der Waals surface area (Å²) in [4.78, 5) is 0. The van der Waals surface area contributed by atoms with Gasteiger partial charge in [-0.15, -0.1) is 0 Å². The molecule has 0 bridgehead atoms. The zero-order valence-corrected chi connectivity index (χ0v) is 80.5. The Morgan fingerprint density at radius 1 is 0.368 bits per heavy atom. The van der Waals surface area contributed by atoms with Crippen LogP contribution in [0.5, 0.6) is 11.5 Å². The van der Waals surface area contributed by atoms with Crippen LogP contribution >= 0.6 is 38.5 Å². The lowest BCUT2D eigenvalue weighted by atomic mass is 9.77. The second kappa shape index (κ2) is 59.5. The van der Waals surface area contributed by atoms with Gasteiger partial charge >= 0.3 is 0 Å². The SMILES string of the molecule is CC1(C)OCC(CCI)CO1.CCCC1CCC(c2ccc([Si](C)(C)CCCCCO)cc2)CC1.CCCC1CCC(c2ccc([Si](C)(C)CCCCCOCCC3COC(C)(C)OC3)cc2)CC1.CCCCCC1CCC(c2ccc(O)cc2)CC1.CCCCCC1CCC(c2ccc(OCCCO)cc2)CC1.OCCCBr. The number of aliphatic hydroxyl groups excluding tert-OH is 3. The van der Waals surface area contributed by atoms with Gasteiger partial charge in [0.15, 0.2) is 11.6 Å². The third kappa shape index (κ3) is 42.5. The molecule has 10 rings (SSSR count). The quantitative estimate of drug-likeness (QED) is 0.0147. The summed E-state index contributed by atoms with van der Waals surface area (Å²) in [6.07, 6.45) is 50.0. The van der Waals surface area contributed by atoms with Crippen LogP contribution < -0.4 is 15.1 Å². The van der Waals surface area contributed by atoms with Gasteiger partial charge in [0.05, 0.1) is 49.2 Å². The molecule has 0 atom stereocenters. The predicted molar refractivity (Wildman–Crippen MR) is 504 cm³/mol. The van der Waals surface area contributed by atoms with Gasteiger partial charge in [-0.25, -0.2) is 0 Å². The summed E-state index contributed by atoms with van der Waals surface area (Å²) >= 11 is 5.54. The van der Waals surface area contributed by atoms with E-state index in [0.717, 1.165) is 117 Å². The van der Waals surface area contributed by atoms with Crippen molar-refractivity contribution in [2.24, 2.45) is 35.5 Å². The van der Waals surface area contributed by atoms with E-state index < -0.39 is 21.9 Å². The molecule has 0 radical (unpaired) electrons. The lowest BCUT2D eigenvalue weighted by molar-refractivity contribution is -0.263. The highest BCUT2D eigenvalue weighted by Crippen LogP contribution is 2.42. The molecule has 0 aromatic heterocycles. The van der Waals surface area contributed by atoms with Gasteiger partial charge in [0.1, 0.15) is 11.5 Å². The fraction of sp³-hybridized carbons (Fsp3) is 0.760. The van der Waals surface area contributed by atoms with Crippen LogP contribution in [0, 0.1) is 35.5 Å². The maximum Gasteiger partial charge on any atom is 0.162 e. The number of aliphatic hydroxyl groups is 3. The first-order valence-corrected chi connectivity index (χ1v) is 55.9. The minimum atomic E-state index is -1.35. The molecule has 0 unspecified atom stereocenters. The number of unbranched alkanes of at least 4 members (excludes halogenated alkanes) is 8.